The van der Waals surface area contributed by atoms with Crippen LogP contribution in [0.25, 0.3) is 0 Å². The number of carbonyl (C=O) groups excluding carboxylic acids is 2. The minimum absolute atomic E-state index is 0.0777. The number of hydrogen-bond donors (Lipinski definition) is 1. The van der Waals surface area contributed by atoms with Gasteiger partial charge in [0.05, 0.1) is 18.8 Å². The first kappa shape index (κ1) is 22.3. The van der Waals surface area contributed by atoms with Gasteiger partial charge in [0, 0.05) is 57.2 Å². The van der Waals surface area contributed by atoms with Crippen molar-refractivity contribution in [2.75, 3.05) is 51.3 Å². The zero-order chi connectivity index (χ0) is 22.5. The largest absolute Gasteiger partial charge is 0.481 e. The smallest absolute Gasteiger partial charge is 0.255 e. The molecule has 0 saturated carbocycles. The molecule has 4 heterocycles. The first-order valence-electron chi connectivity index (χ1n) is 10.7. The lowest BCUT2D eigenvalue weighted by Crippen LogP contribution is -2.49. The average Bonchev–Trinajstić information content (AvgIpc) is 3.35. The number of piperazine rings is 1. The Morgan fingerprint density at radius 3 is 2.81 bits per heavy atom. The van der Waals surface area contributed by atoms with E-state index in [1.165, 1.54) is 13.2 Å². The van der Waals surface area contributed by atoms with Gasteiger partial charge in [-0.25, -0.2) is 9.97 Å². The van der Waals surface area contributed by atoms with Gasteiger partial charge in [-0.1, -0.05) is 11.6 Å². The Balaban J connectivity index is 1.39. The maximum atomic E-state index is 12.9. The number of hydrogen-bond acceptors (Lipinski definition) is 7. The van der Waals surface area contributed by atoms with E-state index >= 15 is 0 Å². The number of halogens is 1. The minimum atomic E-state index is -0.166. The molecule has 0 radical (unpaired) electrons. The van der Waals surface area contributed by atoms with E-state index in [2.05, 4.69) is 15.3 Å². The summed E-state index contributed by atoms with van der Waals surface area (Å²) in [6.45, 7) is 3.35. The van der Waals surface area contributed by atoms with Crippen molar-refractivity contribution in [3.8, 4) is 5.88 Å². The Hall–Kier alpha value is -2.91. The van der Waals surface area contributed by atoms with Crippen LogP contribution in [0.5, 0.6) is 5.88 Å². The minimum Gasteiger partial charge on any atom is -0.481 e. The Morgan fingerprint density at radius 1 is 1.28 bits per heavy atom. The fourth-order valence-corrected chi connectivity index (χ4v) is 4.14. The Labute approximate surface area is 191 Å². The van der Waals surface area contributed by atoms with Gasteiger partial charge in [-0.05, 0) is 31.0 Å². The monoisotopic (exact) mass is 459 g/mol. The number of ether oxygens (including phenoxy) is 2. The lowest BCUT2D eigenvalue weighted by molar-refractivity contribution is 0.0744. The molecule has 1 atom stereocenters. The third-order valence-corrected chi connectivity index (χ3v) is 5.83. The summed E-state index contributed by atoms with van der Waals surface area (Å²) in [5, 5.41) is 3.17. The Bertz CT molecular complexity index is 975. The van der Waals surface area contributed by atoms with Crippen molar-refractivity contribution < 1.29 is 19.1 Å². The molecule has 32 heavy (non-hydrogen) atoms. The molecule has 2 aliphatic rings. The summed E-state index contributed by atoms with van der Waals surface area (Å²) in [7, 11) is 1.48. The summed E-state index contributed by atoms with van der Waals surface area (Å²) in [5.41, 5.74) is 0.957. The zero-order valence-electron chi connectivity index (χ0n) is 17.9. The molecule has 0 bridgehead atoms. The second-order valence-electron chi connectivity index (χ2n) is 7.72. The highest BCUT2D eigenvalue weighted by Crippen LogP contribution is 2.22. The SMILES string of the molecule is COc1cc(C(=O)N2CCN(c3ncccc3C(=O)NC[C@@H]3CCCO3)CC2)cc(Cl)n1. The van der Waals surface area contributed by atoms with E-state index in [4.69, 9.17) is 21.1 Å². The van der Waals surface area contributed by atoms with Gasteiger partial charge in [-0.3, -0.25) is 9.59 Å². The number of methoxy groups -OCH3 is 1. The number of anilines is 1. The standard InChI is InChI=1S/C22H26ClN5O4/c1-31-19-13-15(12-18(23)26-19)22(30)28-9-7-27(8-10-28)20-17(5-2-6-24-20)21(29)25-14-16-4-3-11-32-16/h2,5-6,12-13,16H,3-4,7-11,14H2,1H3,(H,25,29)/t16-/m0/s1. The van der Waals surface area contributed by atoms with E-state index in [0.29, 0.717) is 55.5 Å². The molecule has 2 saturated heterocycles. The van der Waals surface area contributed by atoms with Crippen LogP contribution in [0.3, 0.4) is 0 Å². The number of pyridine rings is 2. The lowest BCUT2D eigenvalue weighted by Gasteiger charge is -2.36. The van der Waals surface area contributed by atoms with Gasteiger partial charge in [0.25, 0.3) is 11.8 Å². The Kier molecular flexibility index (Phi) is 7.06. The van der Waals surface area contributed by atoms with Crippen LogP contribution >= 0.6 is 11.6 Å². The highest BCUT2D eigenvalue weighted by atomic mass is 35.5. The summed E-state index contributed by atoms with van der Waals surface area (Å²) >= 11 is 6.01. The molecular weight excluding hydrogens is 434 g/mol. The number of nitrogens with one attached hydrogen (secondary N) is 1. The average molecular weight is 460 g/mol. The van der Waals surface area contributed by atoms with Gasteiger partial charge in [0.2, 0.25) is 5.88 Å². The molecule has 2 aromatic heterocycles. The van der Waals surface area contributed by atoms with E-state index in [1.54, 1.807) is 29.3 Å². The summed E-state index contributed by atoms with van der Waals surface area (Å²) in [6.07, 6.45) is 3.74. The quantitative estimate of drug-likeness (QED) is 0.660. The molecule has 2 amide bonds. The van der Waals surface area contributed by atoms with Crippen LogP contribution in [0.4, 0.5) is 5.82 Å². The van der Waals surface area contributed by atoms with E-state index in [-0.39, 0.29) is 23.1 Å². The molecule has 0 aromatic carbocycles. The van der Waals surface area contributed by atoms with Crippen LogP contribution in [0.15, 0.2) is 30.5 Å². The van der Waals surface area contributed by atoms with Crippen LogP contribution in [-0.2, 0) is 4.74 Å². The number of rotatable bonds is 6. The predicted octanol–water partition coefficient (Wildman–Crippen LogP) is 2.01. The van der Waals surface area contributed by atoms with Crippen molar-refractivity contribution in [1.82, 2.24) is 20.2 Å². The number of amides is 2. The van der Waals surface area contributed by atoms with Crippen LogP contribution < -0.4 is 15.0 Å². The fourth-order valence-electron chi connectivity index (χ4n) is 3.94. The Morgan fingerprint density at radius 2 is 2.09 bits per heavy atom. The van der Waals surface area contributed by atoms with E-state index in [0.717, 1.165) is 19.4 Å². The van der Waals surface area contributed by atoms with Crippen molar-refractivity contribution in [2.45, 2.75) is 18.9 Å². The van der Waals surface area contributed by atoms with E-state index in [1.807, 2.05) is 4.90 Å². The van der Waals surface area contributed by atoms with Crippen molar-refractivity contribution in [3.63, 3.8) is 0 Å². The summed E-state index contributed by atoms with van der Waals surface area (Å²) in [4.78, 5) is 38.0. The second-order valence-corrected chi connectivity index (χ2v) is 8.11. The molecule has 0 unspecified atom stereocenters. The molecule has 2 aromatic rings. The molecule has 2 aliphatic heterocycles. The van der Waals surface area contributed by atoms with Gasteiger partial charge < -0.3 is 24.6 Å². The molecule has 170 valence electrons. The summed E-state index contributed by atoms with van der Waals surface area (Å²) in [5.74, 6) is 0.619. The van der Waals surface area contributed by atoms with Crippen molar-refractivity contribution in [1.29, 1.82) is 0 Å². The van der Waals surface area contributed by atoms with Gasteiger partial charge in [-0.2, -0.15) is 0 Å². The van der Waals surface area contributed by atoms with Crippen LogP contribution in [0.2, 0.25) is 5.15 Å². The zero-order valence-corrected chi connectivity index (χ0v) is 18.7. The van der Waals surface area contributed by atoms with Crippen LogP contribution in [0.1, 0.15) is 33.6 Å². The van der Waals surface area contributed by atoms with E-state index in [9.17, 15) is 9.59 Å². The molecule has 9 nitrogen and oxygen atoms in total. The fraction of sp³-hybridized carbons (Fsp3) is 0.455. The number of nitrogens with zero attached hydrogens (tertiary/aromatic N) is 4. The maximum absolute atomic E-state index is 12.9. The highest BCUT2D eigenvalue weighted by Gasteiger charge is 2.26. The third kappa shape index (κ3) is 5.11. The molecule has 1 N–H and O–H groups in total. The molecule has 0 aliphatic carbocycles. The van der Waals surface area contributed by atoms with Crippen LogP contribution in [0, 0.1) is 0 Å². The summed E-state index contributed by atoms with van der Waals surface area (Å²) in [6, 6.07) is 6.64. The van der Waals surface area contributed by atoms with Gasteiger partial charge in [0.15, 0.2) is 0 Å². The van der Waals surface area contributed by atoms with Gasteiger partial charge in [-0.15, -0.1) is 0 Å². The highest BCUT2D eigenvalue weighted by molar-refractivity contribution is 6.29. The molecule has 10 heteroatoms. The van der Waals surface area contributed by atoms with Crippen molar-refractivity contribution in [2.24, 2.45) is 0 Å². The van der Waals surface area contributed by atoms with Crippen molar-refractivity contribution in [3.05, 3.63) is 46.7 Å². The van der Waals surface area contributed by atoms with E-state index < -0.39 is 0 Å². The normalized spacial score (nSPS) is 18.5. The predicted molar refractivity (Wildman–Crippen MR) is 119 cm³/mol. The van der Waals surface area contributed by atoms with Crippen molar-refractivity contribution >= 4 is 29.2 Å². The van der Waals surface area contributed by atoms with Crippen LogP contribution in [-0.4, -0.2) is 79.2 Å². The first-order chi connectivity index (χ1) is 15.5. The van der Waals surface area contributed by atoms with Gasteiger partial charge >= 0.3 is 0 Å². The molecule has 4 rings (SSSR count). The maximum Gasteiger partial charge on any atom is 0.255 e. The lowest BCUT2D eigenvalue weighted by atomic mass is 10.1. The number of aromatic nitrogens is 2. The van der Waals surface area contributed by atoms with Gasteiger partial charge in [0.1, 0.15) is 11.0 Å². The summed E-state index contributed by atoms with van der Waals surface area (Å²) < 4.78 is 10.7. The topological polar surface area (TPSA) is 96.9 Å². The molecule has 0 spiro atoms. The number of carbonyl (C=O) groups is 2. The second kappa shape index (κ2) is 10.1. The third-order valence-electron chi connectivity index (χ3n) is 5.64. The molecule has 2 fully saturated rings. The first-order valence-corrected chi connectivity index (χ1v) is 11.0. The molecular formula is C22H26ClN5O4.